The Bertz CT molecular complexity index is 3360. The van der Waals surface area contributed by atoms with Crippen molar-refractivity contribution >= 4 is 60.3 Å². The molecule has 12 rings (SSSR count). The standard InChI is InChI=1S/C56H38N2/c1-3-16-37(17-4-1)54-45-22-7-9-24-47(45)55(48-25-10-8-23-46(48)54)38-30-33-41(34-31-38)57-51-28-13-12-21-44(51)50-36-39(32-35-53(50)57)42-26-15-27-49-43-20-11-14-29-52(43)58(56(42)49)40-18-5-2-6-19-40/h1-10,12-19,21-36H,11,20H2. The van der Waals surface area contributed by atoms with Crippen molar-refractivity contribution in [3.8, 4) is 44.8 Å². The van der Waals surface area contributed by atoms with E-state index in [2.05, 4.69) is 215 Å². The summed E-state index contributed by atoms with van der Waals surface area (Å²) < 4.78 is 4.91. The van der Waals surface area contributed by atoms with E-state index in [1.807, 2.05) is 0 Å². The Kier molecular flexibility index (Phi) is 7.39. The van der Waals surface area contributed by atoms with Crippen molar-refractivity contribution in [3.05, 3.63) is 211 Å². The van der Waals surface area contributed by atoms with Crippen molar-refractivity contribution in [1.82, 2.24) is 9.13 Å². The van der Waals surface area contributed by atoms with E-state index in [4.69, 9.17) is 0 Å². The van der Waals surface area contributed by atoms with Gasteiger partial charge < -0.3 is 9.13 Å². The molecule has 0 bridgehead atoms. The van der Waals surface area contributed by atoms with Gasteiger partial charge in [0.1, 0.15) is 0 Å². The van der Waals surface area contributed by atoms with Crippen LogP contribution in [-0.4, -0.2) is 9.13 Å². The summed E-state index contributed by atoms with van der Waals surface area (Å²) in [7, 11) is 0. The minimum atomic E-state index is 1.06. The smallest absolute Gasteiger partial charge is 0.0616 e. The number of aromatic nitrogens is 2. The van der Waals surface area contributed by atoms with E-state index in [-0.39, 0.29) is 0 Å². The van der Waals surface area contributed by atoms with E-state index in [9.17, 15) is 0 Å². The van der Waals surface area contributed by atoms with Gasteiger partial charge in [0.15, 0.2) is 0 Å². The molecule has 2 heteroatoms. The van der Waals surface area contributed by atoms with Crippen LogP contribution in [0.1, 0.15) is 17.7 Å². The SMILES string of the molecule is C1=Cc2c(c3cccc(-c4ccc5c(c4)c4ccccc4n5-c4ccc(-c5c6ccccc6c(-c6ccccc6)c6ccccc56)cc4)c3n2-c2ccccc2)CC1. The van der Waals surface area contributed by atoms with Gasteiger partial charge >= 0.3 is 0 Å². The van der Waals surface area contributed by atoms with Crippen molar-refractivity contribution in [3.63, 3.8) is 0 Å². The summed E-state index contributed by atoms with van der Waals surface area (Å²) in [5.74, 6) is 0. The molecular weight excluding hydrogens is 701 g/mol. The lowest BCUT2D eigenvalue weighted by Gasteiger charge is -2.18. The Balaban J connectivity index is 1.03. The quantitative estimate of drug-likeness (QED) is 0.156. The molecule has 0 unspecified atom stereocenters. The molecule has 0 spiro atoms. The summed E-state index contributed by atoms with van der Waals surface area (Å²) in [6.45, 7) is 0. The third-order valence-electron chi connectivity index (χ3n) is 12.4. The Morgan fingerprint density at radius 2 is 0.897 bits per heavy atom. The summed E-state index contributed by atoms with van der Waals surface area (Å²) in [4.78, 5) is 0. The fraction of sp³-hybridized carbons (Fsp3) is 0.0357. The topological polar surface area (TPSA) is 9.86 Å². The summed E-state index contributed by atoms with van der Waals surface area (Å²) in [6, 6.07) is 71.4. The van der Waals surface area contributed by atoms with E-state index in [1.54, 1.807) is 0 Å². The highest BCUT2D eigenvalue weighted by molar-refractivity contribution is 6.21. The average molecular weight is 739 g/mol. The van der Waals surface area contributed by atoms with E-state index >= 15 is 0 Å². The van der Waals surface area contributed by atoms with Crippen LogP contribution in [0.15, 0.2) is 200 Å². The molecule has 0 amide bonds. The van der Waals surface area contributed by atoms with Crippen LogP contribution in [0.2, 0.25) is 0 Å². The first kappa shape index (κ1) is 32.8. The third-order valence-corrected chi connectivity index (χ3v) is 12.4. The number of aryl methyl sites for hydroxylation is 1. The number of benzene rings is 9. The Hall–Kier alpha value is -7.42. The fourth-order valence-corrected chi connectivity index (χ4v) is 9.91. The molecule has 2 nitrogen and oxygen atoms in total. The largest absolute Gasteiger partial charge is 0.309 e. The fourth-order valence-electron chi connectivity index (χ4n) is 9.91. The molecule has 0 saturated carbocycles. The van der Waals surface area contributed by atoms with Gasteiger partial charge in [-0.3, -0.25) is 0 Å². The Morgan fingerprint density at radius 3 is 1.59 bits per heavy atom. The molecule has 0 fully saturated rings. The molecule has 0 N–H and O–H groups in total. The lowest BCUT2D eigenvalue weighted by molar-refractivity contribution is 0.968. The highest BCUT2D eigenvalue weighted by Gasteiger charge is 2.22. The van der Waals surface area contributed by atoms with E-state index in [0.29, 0.717) is 0 Å². The van der Waals surface area contributed by atoms with E-state index in [0.717, 1.165) is 18.5 Å². The minimum Gasteiger partial charge on any atom is -0.309 e. The molecule has 2 heterocycles. The number of hydrogen-bond donors (Lipinski definition) is 0. The maximum atomic E-state index is 2.48. The van der Waals surface area contributed by atoms with Gasteiger partial charge in [-0.15, -0.1) is 0 Å². The number of rotatable bonds is 5. The average Bonchev–Trinajstić information content (AvgIpc) is 3.82. The van der Waals surface area contributed by atoms with Crippen molar-refractivity contribution in [2.24, 2.45) is 0 Å². The molecule has 1 aliphatic rings. The van der Waals surface area contributed by atoms with Crippen molar-refractivity contribution in [2.75, 3.05) is 0 Å². The summed E-state index contributed by atoms with van der Waals surface area (Å²) in [5.41, 5.74) is 16.3. The molecule has 0 atom stereocenters. The van der Waals surface area contributed by atoms with Gasteiger partial charge in [0.05, 0.1) is 16.6 Å². The lowest BCUT2D eigenvalue weighted by atomic mass is 9.86. The normalized spacial score (nSPS) is 12.6. The maximum Gasteiger partial charge on any atom is 0.0616 e. The first-order valence-corrected chi connectivity index (χ1v) is 20.3. The molecule has 272 valence electrons. The van der Waals surface area contributed by atoms with Gasteiger partial charge in [-0.25, -0.2) is 0 Å². The monoisotopic (exact) mass is 738 g/mol. The van der Waals surface area contributed by atoms with Crippen LogP contribution in [-0.2, 0) is 6.42 Å². The van der Waals surface area contributed by atoms with Crippen molar-refractivity contribution in [2.45, 2.75) is 12.8 Å². The minimum absolute atomic E-state index is 1.06. The highest BCUT2D eigenvalue weighted by atomic mass is 15.0. The zero-order valence-corrected chi connectivity index (χ0v) is 31.9. The number of para-hydroxylation sites is 3. The second-order valence-electron chi connectivity index (χ2n) is 15.5. The molecule has 58 heavy (non-hydrogen) atoms. The van der Waals surface area contributed by atoms with E-state index < -0.39 is 0 Å². The summed E-state index contributed by atoms with van der Waals surface area (Å²) in [5, 5.41) is 8.93. The van der Waals surface area contributed by atoms with Crippen LogP contribution in [0.25, 0.3) is 105 Å². The van der Waals surface area contributed by atoms with Crippen LogP contribution in [0.5, 0.6) is 0 Å². The molecular formula is C56H38N2. The van der Waals surface area contributed by atoms with E-state index in [1.165, 1.54) is 105 Å². The second-order valence-corrected chi connectivity index (χ2v) is 15.5. The van der Waals surface area contributed by atoms with Crippen LogP contribution >= 0.6 is 0 Å². The second kappa shape index (κ2) is 13.1. The van der Waals surface area contributed by atoms with Crippen molar-refractivity contribution < 1.29 is 0 Å². The summed E-state index contributed by atoms with van der Waals surface area (Å²) in [6.07, 6.45) is 6.77. The molecule has 0 radical (unpaired) electrons. The van der Waals surface area contributed by atoms with Crippen LogP contribution in [0.3, 0.4) is 0 Å². The van der Waals surface area contributed by atoms with Gasteiger partial charge in [0, 0.05) is 38.8 Å². The third kappa shape index (κ3) is 4.92. The lowest BCUT2D eigenvalue weighted by Crippen LogP contribution is -2.00. The van der Waals surface area contributed by atoms with Crippen LogP contribution < -0.4 is 0 Å². The number of allylic oxidation sites excluding steroid dienone is 1. The van der Waals surface area contributed by atoms with Gasteiger partial charge in [-0.05, 0) is 116 Å². The summed E-state index contributed by atoms with van der Waals surface area (Å²) >= 11 is 0. The van der Waals surface area contributed by atoms with Crippen LogP contribution in [0.4, 0.5) is 0 Å². The predicted molar refractivity (Wildman–Crippen MR) is 246 cm³/mol. The van der Waals surface area contributed by atoms with Crippen molar-refractivity contribution in [1.29, 1.82) is 0 Å². The Labute approximate surface area is 337 Å². The number of nitrogens with zero attached hydrogens (tertiary/aromatic N) is 2. The first-order chi connectivity index (χ1) is 28.8. The first-order valence-electron chi connectivity index (χ1n) is 20.3. The zero-order valence-electron chi connectivity index (χ0n) is 31.9. The number of fused-ring (bicyclic) bond motifs is 8. The Morgan fingerprint density at radius 1 is 0.362 bits per heavy atom. The highest BCUT2D eigenvalue weighted by Crippen LogP contribution is 2.45. The zero-order chi connectivity index (χ0) is 38.2. The van der Waals surface area contributed by atoms with Gasteiger partial charge in [-0.1, -0.05) is 158 Å². The maximum absolute atomic E-state index is 2.48. The van der Waals surface area contributed by atoms with Gasteiger partial charge in [0.2, 0.25) is 0 Å². The predicted octanol–water partition coefficient (Wildman–Crippen LogP) is 15.0. The molecule has 0 aliphatic heterocycles. The van der Waals surface area contributed by atoms with Crippen LogP contribution in [0, 0.1) is 0 Å². The molecule has 9 aromatic carbocycles. The van der Waals surface area contributed by atoms with Gasteiger partial charge in [-0.2, -0.15) is 0 Å². The number of hydrogen-bond acceptors (Lipinski definition) is 0. The molecule has 1 aliphatic carbocycles. The molecule has 2 aromatic heterocycles. The molecule has 0 saturated heterocycles. The molecule has 11 aromatic rings. The van der Waals surface area contributed by atoms with Gasteiger partial charge in [0.25, 0.3) is 0 Å².